The highest BCUT2D eigenvalue weighted by Gasteiger charge is 2.60. The second-order valence-electron chi connectivity index (χ2n) is 7.18. The molecular weight excluding hydrogens is 388 g/mol. The van der Waals surface area contributed by atoms with E-state index in [1.54, 1.807) is 19.2 Å². The van der Waals surface area contributed by atoms with E-state index < -0.39 is 18.2 Å². The van der Waals surface area contributed by atoms with Crippen molar-refractivity contribution >= 4 is 17.8 Å². The molecule has 8 heteroatoms. The Kier molecular flexibility index (Phi) is 5.31. The van der Waals surface area contributed by atoms with Crippen molar-refractivity contribution in [3.05, 3.63) is 59.7 Å². The van der Waals surface area contributed by atoms with Gasteiger partial charge in [-0.15, -0.1) is 0 Å². The third kappa shape index (κ3) is 3.45. The number of ether oxygens (including phenoxy) is 3. The van der Waals surface area contributed by atoms with Crippen LogP contribution in [0.1, 0.15) is 11.1 Å². The minimum Gasteiger partial charge on any atom is -0.493 e. The lowest BCUT2D eigenvalue weighted by atomic mass is 9.94. The second-order valence-corrected chi connectivity index (χ2v) is 7.18. The maximum absolute atomic E-state index is 12.7. The first-order valence-corrected chi connectivity index (χ1v) is 9.55. The molecule has 156 valence electrons. The van der Waals surface area contributed by atoms with Crippen LogP contribution in [-0.4, -0.2) is 60.4 Å². The Labute approximate surface area is 173 Å². The third-order valence-corrected chi connectivity index (χ3v) is 5.40. The lowest BCUT2D eigenvalue weighted by molar-refractivity contribution is -0.156. The number of ketones is 1. The van der Waals surface area contributed by atoms with Gasteiger partial charge in [-0.3, -0.25) is 14.5 Å². The predicted octanol–water partition coefficient (Wildman–Crippen LogP) is 2.00. The summed E-state index contributed by atoms with van der Waals surface area (Å²) in [5.74, 6) is 0.691. The van der Waals surface area contributed by atoms with Gasteiger partial charge in [0.15, 0.2) is 17.3 Å². The second kappa shape index (κ2) is 8.06. The molecule has 2 amide bonds. The number of rotatable bonds is 6. The van der Waals surface area contributed by atoms with Gasteiger partial charge in [-0.05, 0) is 23.3 Å². The van der Waals surface area contributed by atoms with Crippen molar-refractivity contribution in [2.45, 2.75) is 25.2 Å². The fourth-order valence-electron chi connectivity index (χ4n) is 3.88. The lowest BCUT2D eigenvalue weighted by Gasteiger charge is -2.44. The van der Waals surface area contributed by atoms with Crippen LogP contribution in [0.5, 0.6) is 11.5 Å². The molecule has 0 spiro atoms. The smallest absolute Gasteiger partial charge is 0.411 e. The Morgan fingerprint density at radius 2 is 1.70 bits per heavy atom. The van der Waals surface area contributed by atoms with Gasteiger partial charge in [0.25, 0.3) is 0 Å². The van der Waals surface area contributed by atoms with Gasteiger partial charge in [-0.2, -0.15) is 0 Å². The molecule has 2 atom stereocenters. The quantitative estimate of drug-likeness (QED) is 0.678. The Balaban J connectivity index is 1.42. The van der Waals surface area contributed by atoms with Crippen LogP contribution in [0.4, 0.5) is 4.79 Å². The third-order valence-electron chi connectivity index (χ3n) is 5.40. The summed E-state index contributed by atoms with van der Waals surface area (Å²) in [6.07, 6.45) is -0.654. The number of Topliss-reactive ketones (excluding diaryl/α,β-unsaturated/α-hetero) is 1. The van der Waals surface area contributed by atoms with E-state index >= 15 is 0 Å². The van der Waals surface area contributed by atoms with Crippen LogP contribution in [0.2, 0.25) is 0 Å². The van der Waals surface area contributed by atoms with E-state index in [1.165, 1.54) is 16.9 Å². The fraction of sp³-hybridized carbons (Fsp3) is 0.318. The summed E-state index contributed by atoms with van der Waals surface area (Å²) >= 11 is 0. The van der Waals surface area contributed by atoms with Gasteiger partial charge < -0.3 is 19.1 Å². The van der Waals surface area contributed by atoms with Crippen molar-refractivity contribution < 1.29 is 28.6 Å². The molecule has 2 saturated heterocycles. The van der Waals surface area contributed by atoms with Crippen LogP contribution >= 0.6 is 0 Å². The summed E-state index contributed by atoms with van der Waals surface area (Å²) in [5.41, 5.74) is 1.64. The Hall–Kier alpha value is -3.55. The number of amides is 2. The standard InChI is InChI=1S/C22H22N2O6/c1-28-17-9-8-15(10-18(17)29-2)11-23-19-16(25)12-24(20(19)21(23)26)22(27)30-13-14-6-4-3-5-7-14/h3-10,19-20H,11-13H2,1-2H3/t19-,20+/m1/s1. The number of hydrogen-bond donors (Lipinski definition) is 0. The number of benzene rings is 2. The molecule has 30 heavy (non-hydrogen) atoms. The van der Waals surface area contributed by atoms with Crippen molar-refractivity contribution in [3.8, 4) is 11.5 Å². The molecule has 2 aliphatic heterocycles. The van der Waals surface area contributed by atoms with Gasteiger partial charge >= 0.3 is 6.09 Å². The van der Waals surface area contributed by atoms with Crippen molar-refractivity contribution in [3.63, 3.8) is 0 Å². The number of hydrogen-bond acceptors (Lipinski definition) is 6. The fourth-order valence-corrected chi connectivity index (χ4v) is 3.88. The monoisotopic (exact) mass is 410 g/mol. The number of fused-ring (bicyclic) bond motifs is 1. The van der Waals surface area contributed by atoms with E-state index in [0.717, 1.165) is 11.1 Å². The van der Waals surface area contributed by atoms with Crippen molar-refractivity contribution in [2.75, 3.05) is 20.8 Å². The Bertz CT molecular complexity index is 977. The highest BCUT2D eigenvalue weighted by molar-refractivity contribution is 6.08. The largest absolute Gasteiger partial charge is 0.493 e. The first-order valence-electron chi connectivity index (χ1n) is 9.55. The van der Waals surface area contributed by atoms with Gasteiger partial charge in [0.2, 0.25) is 5.91 Å². The SMILES string of the molecule is COc1ccc(CN2C(=O)[C@@H]3[C@H]2C(=O)CN3C(=O)OCc2ccccc2)cc1OC. The minimum absolute atomic E-state index is 0.0886. The molecule has 0 aliphatic carbocycles. The number of carbonyl (C=O) groups excluding carboxylic acids is 3. The van der Waals surface area contributed by atoms with Crippen molar-refractivity contribution in [1.29, 1.82) is 0 Å². The van der Waals surface area contributed by atoms with E-state index in [-0.39, 0.29) is 31.4 Å². The summed E-state index contributed by atoms with van der Waals surface area (Å²) in [6, 6.07) is 13.1. The average molecular weight is 410 g/mol. The minimum atomic E-state index is -0.791. The molecule has 2 aromatic rings. The van der Waals surface area contributed by atoms with Gasteiger partial charge in [0.1, 0.15) is 18.7 Å². The number of likely N-dealkylation sites (tertiary alicyclic amines) is 2. The summed E-state index contributed by atoms with van der Waals surface area (Å²) in [7, 11) is 3.08. The van der Waals surface area contributed by atoms with Gasteiger partial charge in [-0.1, -0.05) is 36.4 Å². The maximum Gasteiger partial charge on any atom is 0.411 e. The number of nitrogens with zero attached hydrogens (tertiary/aromatic N) is 2. The highest BCUT2D eigenvalue weighted by atomic mass is 16.6. The van der Waals surface area contributed by atoms with Crippen LogP contribution < -0.4 is 9.47 Å². The average Bonchev–Trinajstić information content (AvgIpc) is 3.09. The molecule has 0 aromatic heterocycles. The van der Waals surface area contributed by atoms with Crippen LogP contribution in [-0.2, 0) is 27.5 Å². The van der Waals surface area contributed by atoms with Gasteiger partial charge in [-0.25, -0.2) is 4.79 Å². The van der Waals surface area contributed by atoms with Gasteiger partial charge in [0.05, 0.1) is 20.8 Å². The molecule has 0 radical (unpaired) electrons. The van der Waals surface area contributed by atoms with Crippen LogP contribution in [0.25, 0.3) is 0 Å². The zero-order valence-corrected chi connectivity index (χ0v) is 16.7. The number of β-lactam (4-membered cyclic amide) rings is 1. The van der Waals surface area contributed by atoms with E-state index in [2.05, 4.69) is 0 Å². The molecule has 2 heterocycles. The van der Waals surface area contributed by atoms with E-state index in [9.17, 15) is 14.4 Å². The topological polar surface area (TPSA) is 85.4 Å². The number of carbonyl (C=O) groups is 3. The normalized spacial score (nSPS) is 19.9. The van der Waals surface area contributed by atoms with E-state index in [1.807, 2.05) is 36.4 Å². The molecule has 2 aliphatic rings. The highest BCUT2D eigenvalue weighted by Crippen LogP contribution is 2.35. The first kappa shape index (κ1) is 19.8. The maximum atomic E-state index is 12.7. The molecule has 0 N–H and O–H groups in total. The van der Waals surface area contributed by atoms with Crippen LogP contribution in [0.3, 0.4) is 0 Å². The van der Waals surface area contributed by atoms with E-state index in [0.29, 0.717) is 11.5 Å². The zero-order valence-electron chi connectivity index (χ0n) is 16.7. The summed E-state index contributed by atoms with van der Waals surface area (Å²) in [6.45, 7) is 0.210. The van der Waals surface area contributed by atoms with Gasteiger partial charge in [0, 0.05) is 6.54 Å². The van der Waals surface area contributed by atoms with E-state index in [4.69, 9.17) is 14.2 Å². The van der Waals surface area contributed by atoms with Crippen LogP contribution in [0.15, 0.2) is 48.5 Å². The summed E-state index contributed by atoms with van der Waals surface area (Å²) in [5, 5.41) is 0. The molecule has 0 bridgehead atoms. The zero-order chi connectivity index (χ0) is 21.3. The first-order chi connectivity index (χ1) is 14.5. The summed E-state index contributed by atoms with van der Waals surface area (Å²) in [4.78, 5) is 40.4. The molecular formula is C22H22N2O6. The molecule has 0 saturated carbocycles. The summed E-state index contributed by atoms with van der Waals surface area (Å²) < 4.78 is 15.8. The molecule has 8 nitrogen and oxygen atoms in total. The number of methoxy groups -OCH3 is 2. The van der Waals surface area contributed by atoms with Crippen molar-refractivity contribution in [2.24, 2.45) is 0 Å². The Morgan fingerprint density at radius 3 is 2.40 bits per heavy atom. The molecule has 4 rings (SSSR count). The molecule has 0 unspecified atom stereocenters. The lowest BCUT2D eigenvalue weighted by Crippen LogP contribution is -2.67. The van der Waals surface area contributed by atoms with Crippen LogP contribution in [0, 0.1) is 0 Å². The Morgan fingerprint density at radius 1 is 0.967 bits per heavy atom. The molecule has 2 aromatic carbocycles. The van der Waals surface area contributed by atoms with Crippen molar-refractivity contribution in [1.82, 2.24) is 9.80 Å². The molecule has 2 fully saturated rings. The predicted molar refractivity (Wildman–Crippen MR) is 106 cm³/mol.